The first-order valence-corrected chi connectivity index (χ1v) is 12.6. The SMILES string of the molecule is CC1CCCCN1S(=O)(=O)c1cccc(C(=O)N2CCN(c3ccc(Cl)cc3)CC2)c1. The van der Waals surface area contributed by atoms with Gasteiger partial charge in [-0.1, -0.05) is 24.1 Å². The van der Waals surface area contributed by atoms with Crippen molar-refractivity contribution in [1.82, 2.24) is 9.21 Å². The Bertz CT molecular complexity index is 1030. The lowest BCUT2D eigenvalue weighted by Gasteiger charge is -2.36. The van der Waals surface area contributed by atoms with E-state index < -0.39 is 10.0 Å². The molecule has 0 saturated carbocycles. The first kappa shape index (κ1) is 22.1. The van der Waals surface area contributed by atoms with E-state index in [2.05, 4.69) is 4.90 Å². The fourth-order valence-corrected chi connectivity index (χ4v) is 6.23. The maximum absolute atomic E-state index is 13.2. The van der Waals surface area contributed by atoms with Gasteiger partial charge in [0.2, 0.25) is 10.0 Å². The molecule has 0 bridgehead atoms. The van der Waals surface area contributed by atoms with Crippen LogP contribution in [0.2, 0.25) is 5.02 Å². The Morgan fingerprint density at radius 3 is 2.35 bits per heavy atom. The van der Waals surface area contributed by atoms with Gasteiger partial charge in [0.1, 0.15) is 0 Å². The lowest BCUT2D eigenvalue weighted by Crippen LogP contribution is -2.48. The highest BCUT2D eigenvalue weighted by Gasteiger charge is 2.31. The summed E-state index contributed by atoms with van der Waals surface area (Å²) in [6, 6.07) is 14.2. The second kappa shape index (κ2) is 9.18. The number of nitrogens with zero attached hydrogens (tertiary/aromatic N) is 3. The lowest BCUT2D eigenvalue weighted by molar-refractivity contribution is 0.0746. The minimum absolute atomic E-state index is 0.0148. The molecule has 0 aliphatic carbocycles. The molecule has 0 spiro atoms. The molecule has 4 rings (SSSR count). The molecule has 0 N–H and O–H groups in total. The average molecular weight is 462 g/mol. The van der Waals surface area contributed by atoms with Gasteiger partial charge in [0.05, 0.1) is 4.90 Å². The van der Waals surface area contributed by atoms with Crippen LogP contribution in [0.25, 0.3) is 0 Å². The number of amides is 1. The van der Waals surface area contributed by atoms with Gasteiger partial charge in [0, 0.05) is 55.0 Å². The topological polar surface area (TPSA) is 60.9 Å². The molecular weight excluding hydrogens is 434 g/mol. The Morgan fingerprint density at radius 2 is 1.68 bits per heavy atom. The van der Waals surface area contributed by atoms with E-state index in [0.717, 1.165) is 38.0 Å². The van der Waals surface area contributed by atoms with Crippen LogP contribution < -0.4 is 4.90 Å². The monoisotopic (exact) mass is 461 g/mol. The van der Waals surface area contributed by atoms with Crippen molar-refractivity contribution in [1.29, 1.82) is 0 Å². The predicted octanol–water partition coefficient (Wildman–Crippen LogP) is 3.87. The van der Waals surface area contributed by atoms with Crippen molar-refractivity contribution in [2.45, 2.75) is 37.1 Å². The lowest BCUT2D eigenvalue weighted by atomic mass is 10.1. The van der Waals surface area contributed by atoms with Crippen LogP contribution >= 0.6 is 11.6 Å². The van der Waals surface area contributed by atoms with Crippen molar-refractivity contribution >= 4 is 33.2 Å². The summed E-state index contributed by atoms with van der Waals surface area (Å²) in [7, 11) is -3.60. The van der Waals surface area contributed by atoms with E-state index in [0.29, 0.717) is 30.2 Å². The van der Waals surface area contributed by atoms with Crippen LogP contribution in [0.5, 0.6) is 0 Å². The van der Waals surface area contributed by atoms with Crippen LogP contribution in [0.3, 0.4) is 0 Å². The van der Waals surface area contributed by atoms with E-state index >= 15 is 0 Å². The van der Waals surface area contributed by atoms with E-state index in [1.807, 2.05) is 31.2 Å². The summed E-state index contributed by atoms with van der Waals surface area (Å²) >= 11 is 5.97. The van der Waals surface area contributed by atoms with Gasteiger partial charge < -0.3 is 9.80 Å². The summed E-state index contributed by atoms with van der Waals surface area (Å²) in [5.74, 6) is -0.125. The summed E-state index contributed by atoms with van der Waals surface area (Å²) in [5.41, 5.74) is 1.51. The Morgan fingerprint density at radius 1 is 0.968 bits per heavy atom. The molecule has 2 aliphatic rings. The largest absolute Gasteiger partial charge is 0.368 e. The molecule has 0 radical (unpaired) electrons. The fourth-order valence-electron chi connectivity index (χ4n) is 4.36. The molecule has 2 heterocycles. The highest BCUT2D eigenvalue weighted by Crippen LogP contribution is 2.26. The van der Waals surface area contributed by atoms with Crippen molar-refractivity contribution in [3.63, 3.8) is 0 Å². The van der Waals surface area contributed by atoms with Gasteiger partial charge in [-0.05, 0) is 62.2 Å². The van der Waals surface area contributed by atoms with Crippen LogP contribution in [0, 0.1) is 0 Å². The molecule has 1 unspecified atom stereocenters. The molecule has 2 aliphatic heterocycles. The maximum Gasteiger partial charge on any atom is 0.254 e. The van der Waals surface area contributed by atoms with Gasteiger partial charge >= 0.3 is 0 Å². The normalized spacial score (nSPS) is 20.6. The Kier molecular flexibility index (Phi) is 6.55. The zero-order chi connectivity index (χ0) is 22.0. The molecule has 6 nitrogen and oxygen atoms in total. The van der Waals surface area contributed by atoms with Gasteiger partial charge in [-0.3, -0.25) is 4.79 Å². The van der Waals surface area contributed by atoms with Crippen LogP contribution in [-0.2, 0) is 10.0 Å². The number of hydrogen-bond acceptors (Lipinski definition) is 4. The van der Waals surface area contributed by atoms with Crippen LogP contribution in [-0.4, -0.2) is 62.3 Å². The third-order valence-corrected chi connectivity index (χ3v) is 8.45. The van der Waals surface area contributed by atoms with E-state index in [-0.39, 0.29) is 16.8 Å². The summed E-state index contributed by atoms with van der Waals surface area (Å²) in [5, 5.41) is 0.700. The molecule has 8 heteroatoms. The molecule has 1 atom stereocenters. The zero-order valence-corrected chi connectivity index (χ0v) is 19.3. The number of piperidine rings is 1. The van der Waals surface area contributed by atoms with Crippen molar-refractivity contribution in [3.8, 4) is 0 Å². The molecular formula is C23H28ClN3O3S. The van der Waals surface area contributed by atoms with Gasteiger partial charge in [0.15, 0.2) is 0 Å². The molecule has 2 aromatic carbocycles. The number of piperazine rings is 1. The highest BCUT2D eigenvalue weighted by molar-refractivity contribution is 7.89. The van der Waals surface area contributed by atoms with Gasteiger partial charge in [0.25, 0.3) is 5.91 Å². The Labute approximate surface area is 189 Å². The van der Waals surface area contributed by atoms with Crippen molar-refractivity contribution in [2.75, 3.05) is 37.6 Å². The minimum atomic E-state index is -3.60. The first-order chi connectivity index (χ1) is 14.9. The summed E-state index contributed by atoms with van der Waals surface area (Å²) < 4.78 is 27.9. The molecule has 166 valence electrons. The van der Waals surface area contributed by atoms with Crippen LogP contribution in [0.15, 0.2) is 53.4 Å². The number of hydrogen-bond donors (Lipinski definition) is 0. The predicted molar refractivity (Wildman–Crippen MR) is 123 cm³/mol. The zero-order valence-electron chi connectivity index (χ0n) is 17.7. The van der Waals surface area contributed by atoms with E-state index in [4.69, 9.17) is 11.6 Å². The second-order valence-corrected chi connectivity index (χ2v) is 10.6. The summed E-state index contributed by atoms with van der Waals surface area (Å²) in [6.07, 6.45) is 2.80. The average Bonchev–Trinajstić information content (AvgIpc) is 2.79. The van der Waals surface area contributed by atoms with Gasteiger partial charge in [-0.15, -0.1) is 0 Å². The fraction of sp³-hybridized carbons (Fsp3) is 0.435. The molecule has 2 fully saturated rings. The molecule has 2 aromatic rings. The van der Waals surface area contributed by atoms with Gasteiger partial charge in [-0.2, -0.15) is 4.31 Å². The van der Waals surface area contributed by atoms with E-state index in [1.54, 1.807) is 27.4 Å². The Hall–Kier alpha value is -2.09. The molecule has 1 amide bonds. The van der Waals surface area contributed by atoms with Crippen molar-refractivity contribution < 1.29 is 13.2 Å². The second-order valence-electron chi connectivity index (χ2n) is 8.24. The Balaban J connectivity index is 1.46. The first-order valence-electron chi connectivity index (χ1n) is 10.8. The highest BCUT2D eigenvalue weighted by atomic mass is 35.5. The molecule has 0 aromatic heterocycles. The molecule has 2 saturated heterocycles. The number of benzene rings is 2. The third-order valence-electron chi connectivity index (χ3n) is 6.19. The van der Waals surface area contributed by atoms with Crippen LogP contribution in [0.4, 0.5) is 5.69 Å². The number of carbonyl (C=O) groups excluding carboxylic acids is 1. The smallest absolute Gasteiger partial charge is 0.254 e. The van der Waals surface area contributed by atoms with Gasteiger partial charge in [-0.25, -0.2) is 8.42 Å². The number of sulfonamides is 1. The van der Waals surface area contributed by atoms with Crippen molar-refractivity contribution in [3.05, 3.63) is 59.1 Å². The summed E-state index contributed by atoms with van der Waals surface area (Å²) in [4.78, 5) is 17.3. The number of carbonyl (C=O) groups is 1. The summed E-state index contributed by atoms with van der Waals surface area (Å²) in [6.45, 7) is 5.09. The number of rotatable bonds is 4. The maximum atomic E-state index is 13.2. The molecule has 31 heavy (non-hydrogen) atoms. The standard InChI is InChI=1S/C23H28ClN3O3S/c1-18-5-2-3-12-27(18)31(29,30)22-7-4-6-19(17-22)23(28)26-15-13-25(14-16-26)21-10-8-20(24)9-11-21/h4,6-11,17-18H,2-3,5,12-16H2,1H3. The third kappa shape index (κ3) is 4.73. The van der Waals surface area contributed by atoms with E-state index in [9.17, 15) is 13.2 Å². The van der Waals surface area contributed by atoms with E-state index in [1.165, 1.54) is 6.07 Å². The minimum Gasteiger partial charge on any atom is -0.368 e. The van der Waals surface area contributed by atoms with Crippen molar-refractivity contribution in [2.24, 2.45) is 0 Å². The quantitative estimate of drug-likeness (QED) is 0.693. The van der Waals surface area contributed by atoms with Crippen LogP contribution in [0.1, 0.15) is 36.5 Å². The number of anilines is 1. The number of halogens is 1.